The van der Waals surface area contributed by atoms with Crippen LogP contribution in [-0.4, -0.2) is 46.5 Å². The summed E-state index contributed by atoms with van der Waals surface area (Å²) in [4.78, 5) is 20.5. The number of pyridine rings is 1. The molecule has 7 nitrogen and oxygen atoms in total. The van der Waals surface area contributed by atoms with Crippen molar-refractivity contribution in [1.29, 1.82) is 0 Å². The van der Waals surface area contributed by atoms with Crippen molar-refractivity contribution in [2.24, 2.45) is 5.73 Å². The Morgan fingerprint density at radius 2 is 2.00 bits per heavy atom. The maximum atomic E-state index is 11.8. The van der Waals surface area contributed by atoms with Crippen LogP contribution in [0.4, 0.5) is 0 Å². The number of carbonyl (C=O) groups excluding carboxylic acids is 1. The molecule has 34 heavy (non-hydrogen) atoms. The average molecular weight is 477 g/mol. The maximum absolute atomic E-state index is 11.8. The first-order chi connectivity index (χ1) is 16.6. The predicted octanol–water partition coefficient (Wildman–Crippen LogP) is 4.06. The molecule has 4 heterocycles. The molecular formula is C26H28N4O3S. The molecule has 1 amide bonds. The third-order valence-electron chi connectivity index (χ3n) is 6.07. The number of nitrogens with zero attached hydrogens (tertiary/aromatic N) is 3. The molecule has 0 spiro atoms. The number of nitrogens with two attached hydrogens (primary N) is 1. The molecule has 8 heteroatoms. The predicted molar refractivity (Wildman–Crippen MR) is 133 cm³/mol. The van der Waals surface area contributed by atoms with E-state index < -0.39 is 0 Å². The highest BCUT2D eigenvalue weighted by Crippen LogP contribution is 2.39. The zero-order chi connectivity index (χ0) is 23.5. The number of hydrogen-bond donors (Lipinski definition) is 1. The quantitative estimate of drug-likeness (QED) is 0.415. The third kappa shape index (κ3) is 4.84. The highest BCUT2D eigenvalue weighted by atomic mass is 32.1. The van der Waals surface area contributed by atoms with Crippen molar-refractivity contribution in [2.45, 2.75) is 26.0 Å². The van der Waals surface area contributed by atoms with Crippen molar-refractivity contribution in [1.82, 2.24) is 14.3 Å². The first kappa shape index (κ1) is 22.6. The summed E-state index contributed by atoms with van der Waals surface area (Å²) in [5, 5.41) is 0. The molecule has 5 rings (SSSR count). The number of hydrogen-bond acceptors (Lipinski definition) is 6. The highest BCUT2D eigenvalue weighted by molar-refractivity contribution is 7.15. The van der Waals surface area contributed by atoms with Gasteiger partial charge in [0.05, 0.1) is 41.3 Å². The van der Waals surface area contributed by atoms with E-state index in [1.54, 1.807) is 0 Å². The van der Waals surface area contributed by atoms with E-state index in [-0.39, 0.29) is 18.4 Å². The van der Waals surface area contributed by atoms with Gasteiger partial charge < -0.3 is 15.2 Å². The van der Waals surface area contributed by atoms with Gasteiger partial charge in [-0.2, -0.15) is 0 Å². The molecule has 1 aliphatic rings. The van der Waals surface area contributed by atoms with Gasteiger partial charge in [-0.1, -0.05) is 30.3 Å². The number of amides is 1. The molecule has 0 aliphatic carbocycles. The number of thiophene rings is 1. The molecule has 1 aromatic carbocycles. The molecule has 1 saturated heterocycles. The van der Waals surface area contributed by atoms with Crippen molar-refractivity contribution < 1.29 is 14.3 Å². The van der Waals surface area contributed by atoms with Gasteiger partial charge in [0.15, 0.2) is 0 Å². The molecular weight excluding hydrogens is 448 g/mol. The number of rotatable bonds is 8. The van der Waals surface area contributed by atoms with Gasteiger partial charge in [0.1, 0.15) is 17.5 Å². The van der Waals surface area contributed by atoms with Gasteiger partial charge in [-0.15, -0.1) is 11.3 Å². The minimum absolute atomic E-state index is 0.138. The van der Waals surface area contributed by atoms with Crippen LogP contribution in [0.15, 0.2) is 60.9 Å². The van der Waals surface area contributed by atoms with Crippen molar-refractivity contribution in [3.05, 3.63) is 76.9 Å². The van der Waals surface area contributed by atoms with Crippen molar-refractivity contribution in [3.63, 3.8) is 0 Å². The lowest BCUT2D eigenvalue weighted by Crippen LogP contribution is -2.36. The van der Waals surface area contributed by atoms with Crippen LogP contribution >= 0.6 is 11.3 Å². The highest BCUT2D eigenvalue weighted by Gasteiger charge is 2.21. The van der Waals surface area contributed by atoms with Crippen molar-refractivity contribution in [2.75, 3.05) is 26.3 Å². The lowest BCUT2D eigenvalue weighted by molar-refractivity contribution is -0.117. The van der Waals surface area contributed by atoms with Gasteiger partial charge in [-0.25, -0.2) is 4.98 Å². The number of fused-ring (bicyclic) bond motifs is 1. The fraction of sp³-hybridized carbons (Fsp3) is 0.308. The summed E-state index contributed by atoms with van der Waals surface area (Å²) in [6.07, 6.45) is 3.78. The minimum Gasteiger partial charge on any atom is -0.485 e. The molecule has 1 atom stereocenters. The first-order valence-corrected chi connectivity index (χ1v) is 12.3. The fourth-order valence-corrected chi connectivity index (χ4v) is 5.47. The van der Waals surface area contributed by atoms with E-state index in [1.165, 1.54) is 16.9 Å². The summed E-state index contributed by atoms with van der Waals surface area (Å²) < 4.78 is 14.0. The summed E-state index contributed by atoms with van der Waals surface area (Å²) in [7, 11) is 0. The van der Waals surface area contributed by atoms with E-state index in [2.05, 4.69) is 35.0 Å². The van der Waals surface area contributed by atoms with E-state index in [0.29, 0.717) is 5.75 Å². The Morgan fingerprint density at radius 3 is 2.82 bits per heavy atom. The second kappa shape index (κ2) is 9.97. The summed E-state index contributed by atoms with van der Waals surface area (Å²) in [5.74, 6) is 0.315. The molecule has 0 saturated carbocycles. The largest absolute Gasteiger partial charge is 0.485 e. The average Bonchev–Trinajstić information content (AvgIpc) is 3.43. The van der Waals surface area contributed by atoms with Crippen LogP contribution in [0, 0.1) is 0 Å². The Hall–Kier alpha value is -3.20. The Morgan fingerprint density at radius 1 is 1.21 bits per heavy atom. The lowest BCUT2D eigenvalue weighted by atomic mass is 10.0. The van der Waals surface area contributed by atoms with Crippen LogP contribution in [0.25, 0.3) is 16.2 Å². The van der Waals surface area contributed by atoms with Crippen molar-refractivity contribution >= 4 is 22.9 Å². The molecule has 2 N–H and O–H groups in total. The standard InChI is InChI=1S/C26H28N4O3S/c1-18(20-7-3-2-6-19(20)17-29-10-12-32-13-11-29)33-22-14-23(34-24(22)15-25(27)31)21-16-28-26-8-4-5-9-30(21)26/h2-9,14,16,18H,10-13,15,17H2,1H3,(H2,27,31)/t18-/m1/s1. The van der Waals surface area contributed by atoms with E-state index in [4.69, 9.17) is 15.2 Å². The Balaban J connectivity index is 1.43. The topological polar surface area (TPSA) is 82.1 Å². The SMILES string of the molecule is C[C@@H](Oc1cc(-c2cnc3ccccn23)sc1CC(N)=O)c1ccccc1CN1CCOCC1. The second-order valence-electron chi connectivity index (χ2n) is 8.46. The summed E-state index contributed by atoms with van der Waals surface area (Å²) >= 11 is 1.52. The van der Waals surface area contributed by atoms with E-state index >= 15 is 0 Å². The summed E-state index contributed by atoms with van der Waals surface area (Å²) in [6, 6.07) is 16.3. The number of morpholine rings is 1. The van der Waals surface area contributed by atoms with Crippen LogP contribution in [0.2, 0.25) is 0 Å². The zero-order valence-electron chi connectivity index (χ0n) is 19.1. The Bertz CT molecular complexity index is 1290. The second-order valence-corrected chi connectivity index (χ2v) is 9.60. The number of imidazole rings is 1. The van der Waals surface area contributed by atoms with E-state index in [9.17, 15) is 4.79 Å². The molecule has 0 radical (unpaired) electrons. The van der Waals surface area contributed by atoms with Gasteiger partial charge in [-0.3, -0.25) is 14.1 Å². The Kier molecular flexibility index (Phi) is 6.62. The summed E-state index contributed by atoms with van der Waals surface area (Å²) in [6.45, 7) is 6.31. The van der Waals surface area contributed by atoms with Crippen LogP contribution in [0.5, 0.6) is 5.75 Å². The summed E-state index contributed by atoms with van der Waals surface area (Å²) in [5.41, 5.74) is 9.77. The zero-order valence-corrected chi connectivity index (χ0v) is 20.0. The van der Waals surface area contributed by atoms with Gasteiger partial charge in [0.25, 0.3) is 0 Å². The van der Waals surface area contributed by atoms with Gasteiger partial charge >= 0.3 is 0 Å². The van der Waals surface area contributed by atoms with Crippen LogP contribution < -0.4 is 10.5 Å². The smallest absolute Gasteiger partial charge is 0.222 e. The fourth-order valence-electron chi connectivity index (χ4n) is 4.36. The monoisotopic (exact) mass is 476 g/mol. The lowest BCUT2D eigenvalue weighted by Gasteiger charge is -2.28. The number of benzene rings is 1. The molecule has 0 bridgehead atoms. The minimum atomic E-state index is -0.378. The van der Waals surface area contributed by atoms with Gasteiger partial charge in [0.2, 0.25) is 5.91 Å². The number of carbonyl (C=O) groups is 1. The number of ether oxygens (including phenoxy) is 2. The molecule has 1 fully saturated rings. The molecule has 3 aromatic heterocycles. The third-order valence-corrected chi connectivity index (χ3v) is 7.21. The van der Waals surface area contributed by atoms with Gasteiger partial charge in [0, 0.05) is 31.9 Å². The Labute approximate surface area is 202 Å². The molecule has 4 aromatic rings. The van der Waals surface area contributed by atoms with Crippen LogP contribution in [0.1, 0.15) is 29.0 Å². The molecule has 176 valence electrons. The number of primary amides is 1. The van der Waals surface area contributed by atoms with Crippen molar-refractivity contribution in [3.8, 4) is 16.3 Å². The first-order valence-electron chi connectivity index (χ1n) is 11.5. The van der Waals surface area contributed by atoms with Crippen LogP contribution in [-0.2, 0) is 22.5 Å². The molecule has 0 unspecified atom stereocenters. The normalized spacial score (nSPS) is 15.4. The maximum Gasteiger partial charge on any atom is 0.222 e. The number of aromatic nitrogens is 2. The van der Waals surface area contributed by atoms with Gasteiger partial charge in [-0.05, 0) is 30.2 Å². The molecule has 1 aliphatic heterocycles. The van der Waals surface area contributed by atoms with Crippen LogP contribution in [0.3, 0.4) is 0 Å². The van der Waals surface area contributed by atoms with E-state index in [1.807, 2.05) is 47.1 Å². The van der Waals surface area contributed by atoms with E-state index in [0.717, 1.165) is 59.5 Å².